The van der Waals surface area contributed by atoms with Crippen molar-refractivity contribution in [2.45, 2.75) is 53.6 Å². The summed E-state index contributed by atoms with van der Waals surface area (Å²) in [7, 11) is 0. The molecule has 3 nitrogen and oxygen atoms in total. The van der Waals surface area contributed by atoms with Crippen LogP contribution in [0, 0.1) is 5.41 Å². The molecule has 0 atom stereocenters. The van der Waals surface area contributed by atoms with Crippen LogP contribution >= 0.6 is 0 Å². The van der Waals surface area contributed by atoms with Gasteiger partial charge in [0.1, 0.15) is 5.60 Å². The van der Waals surface area contributed by atoms with Gasteiger partial charge in [-0.15, -0.1) is 0 Å². The van der Waals surface area contributed by atoms with E-state index in [4.69, 9.17) is 4.74 Å². The standard InChI is InChI=1S/C12H25NO2/c1-7-12(5,6)9-13-8-10(14)15-11(2,3)4/h13H,7-9H2,1-6H3. The molecule has 0 aromatic carbocycles. The minimum absolute atomic E-state index is 0.186. The van der Waals surface area contributed by atoms with Gasteiger partial charge in [-0.05, 0) is 32.6 Å². The van der Waals surface area contributed by atoms with Gasteiger partial charge in [-0.3, -0.25) is 4.79 Å². The highest BCUT2D eigenvalue weighted by Crippen LogP contribution is 2.17. The van der Waals surface area contributed by atoms with Gasteiger partial charge in [0, 0.05) is 6.54 Å². The molecule has 1 N–H and O–H groups in total. The molecule has 0 aromatic heterocycles. The normalized spacial score (nSPS) is 12.7. The maximum absolute atomic E-state index is 11.3. The first-order valence-electron chi connectivity index (χ1n) is 5.59. The number of carbonyl (C=O) groups excluding carboxylic acids is 1. The number of esters is 1. The highest BCUT2D eigenvalue weighted by atomic mass is 16.6. The molecule has 3 heteroatoms. The van der Waals surface area contributed by atoms with Gasteiger partial charge in [-0.1, -0.05) is 20.8 Å². The van der Waals surface area contributed by atoms with Crippen LogP contribution in [0.1, 0.15) is 48.0 Å². The Morgan fingerprint density at radius 3 is 2.13 bits per heavy atom. The molecule has 0 aliphatic rings. The van der Waals surface area contributed by atoms with Crippen LogP contribution in [0.25, 0.3) is 0 Å². The van der Waals surface area contributed by atoms with Crippen molar-refractivity contribution in [3.05, 3.63) is 0 Å². The molecule has 0 saturated heterocycles. The highest BCUT2D eigenvalue weighted by molar-refractivity contribution is 5.72. The Bertz CT molecular complexity index is 204. The van der Waals surface area contributed by atoms with Crippen molar-refractivity contribution in [3.8, 4) is 0 Å². The van der Waals surface area contributed by atoms with E-state index in [0.29, 0.717) is 6.54 Å². The number of nitrogens with one attached hydrogen (secondary N) is 1. The van der Waals surface area contributed by atoms with E-state index in [9.17, 15) is 4.79 Å². The monoisotopic (exact) mass is 215 g/mol. The predicted molar refractivity (Wildman–Crippen MR) is 62.8 cm³/mol. The summed E-state index contributed by atoms with van der Waals surface area (Å²) in [5.74, 6) is -0.186. The van der Waals surface area contributed by atoms with Crippen LogP contribution in [0.4, 0.5) is 0 Å². The van der Waals surface area contributed by atoms with Gasteiger partial charge in [0.25, 0.3) is 0 Å². The van der Waals surface area contributed by atoms with Crippen molar-refractivity contribution in [1.82, 2.24) is 5.32 Å². The average Bonchev–Trinajstić information content (AvgIpc) is 2.00. The van der Waals surface area contributed by atoms with Crippen molar-refractivity contribution < 1.29 is 9.53 Å². The van der Waals surface area contributed by atoms with E-state index in [0.717, 1.165) is 13.0 Å². The zero-order chi connectivity index (χ0) is 12.1. The molecule has 0 heterocycles. The summed E-state index contributed by atoms with van der Waals surface area (Å²) in [6.45, 7) is 13.3. The number of ether oxygens (including phenoxy) is 1. The maximum Gasteiger partial charge on any atom is 0.320 e. The lowest BCUT2D eigenvalue weighted by atomic mass is 9.90. The third-order valence-corrected chi connectivity index (χ3v) is 2.25. The smallest absolute Gasteiger partial charge is 0.320 e. The van der Waals surface area contributed by atoms with E-state index in [2.05, 4.69) is 26.1 Å². The molecule has 0 bridgehead atoms. The van der Waals surface area contributed by atoms with E-state index in [1.807, 2.05) is 20.8 Å². The summed E-state index contributed by atoms with van der Waals surface area (Å²) < 4.78 is 5.18. The van der Waals surface area contributed by atoms with Crippen LogP contribution in [0.15, 0.2) is 0 Å². The zero-order valence-electron chi connectivity index (χ0n) is 10.9. The Morgan fingerprint density at radius 1 is 1.20 bits per heavy atom. The molecule has 15 heavy (non-hydrogen) atoms. The third kappa shape index (κ3) is 8.43. The lowest BCUT2D eigenvalue weighted by molar-refractivity contribution is -0.153. The molecule has 0 aromatic rings. The molecule has 0 unspecified atom stereocenters. The van der Waals surface area contributed by atoms with E-state index in [1.165, 1.54) is 0 Å². The second-order valence-corrected chi connectivity index (χ2v) is 5.71. The second kappa shape index (κ2) is 5.50. The van der Waals surface area contributed by atoms with Gasteiger partial charge in [0.05, 0.1) is 6.54 Å². The van der Waals surface area contributed by atoms with Crippen LogP contribution in [0.5, 0.6) is 0 Å². The summed E-state index contributed by atoms with van der Waals surface area (Å²) in [6, 6.07) is 0. The van der Waals surface area contributed by atoms with Crippen LogP contribution in [0.3, 0.4) is 0 Å². The van der Waals surface area contributed by atoms with Crippen LogP contribution in [-0.2, 0) is 9.53 Å². The van der Waals surface area contributed by atoms with Gasteiger partial charge >= 0.3 is 5.97 Å². The molecule has 90 valence electrons. The first kappa shape index (κ1) is 14.4. The summed E-state index contributed by atoms with van der Waals surface area (Å²) in [4.78, 5) is 11.3. The van der Waals surface area contributed by atoms with Crippen molar-refractivity contribution in [1.29, 1.82) is 0 Å². The van der Waals surface area contributed by atoms with Crippen LogP contribution in [-0.4, -0.2) is 24.7 Å². The van der Waals surface area contributed by atoms with Gasteiger partial charge in [0.15, 0.2) is 0 Å². The van der Waals surface area contributed by atoms with Crippen molar-refractivity contribution >= 4 is 5.97 Å². The first-order valence-corrected chi connectivity index (χ1v) is 5.59. The number of rotatable bonds is 5. The van der Waals surface area contributed by atoms with E-state index < -0.39 is 0 Å². The summed E-state index contributed by atoms with van der Waals surface area (Å²) >= 11 is 0. The van der Waals surface area contributed by atoms with Crippen LogP contribution < -0.4 is 5.32 Å². The molecule has 0 rings (SSSR count). The van der Waals surface area contributed by atoms with E-state index >= 15 is 0 Å². The van der Waals surface area contributed by atoms with Crippen molar-refractivity contribution in [3.63, 3.8) is 0 Å². The second-order valence-electron chi connectivity index (χ2n) is 5.71. The molecule has 0 aliphatic heterocycles. The topological polar surface area (TPSA) is 38.3 Å². The lowest BCUT2D eigenvalue weighted by Crippen LogP contribution is -2.36. The number of hydrogen-bond donors (Lipinski definition) is 1. The first-order chi connectivity index (χ1) is 6.66. The largest absolute Gasteiger partial charge is 0.459 e. The fourth-order valence-corrected chi connectivity index (χ4v) is 1.01. The molecule has 0 amide bonds. The summed E-state index contributed by atoms with van der Waals surface area (Å²) in [5, 5.41) is 3.12. The highest BCUT2D eigenvalue weighted by Gasteiger charge is 2.18. The van der Waals surface area contributed by atoms with E-state index in [1.54, 1.807) is 0 Å². The van der Waals surface area contributed by atoms with E-state index in [-0.39, 0.29) is 17.0 Å². The van der Waals surface area contributed by atoms with Gasteiger partial charge in [-0.25, -0.2) is 0 Å². The molecule has 0 saturated carbocycles. The molecule has 0 fully saturated rings. The molecule has 0 radical (unpaired) electrons. The molecular weight excluding hydrogens is 190 g/mol. The molecule has 0 aliphatic carbocycles. The summed E-state index contributed by atoms with van der Waals surface area (Å²) in [5.41, 5.74) is -0.152. The Morgan fingerprint density at radius 2 is 1.73 bits per heavy atom. The number of hydrogen-bond acceptors (Lipinski definition) is 3. The Balaban J connectivity index is 3.74. The van der Waals surface area contributed by atoms with Crippen molar-refractivity contribution in [2.75, 3.05) is 13.1 Å². The molecule has 0 spiro atoms. The average molecular weight is 215 g/mol. The number of carbonyl (C=O) groups is 1. The Labute approximate surface area is 93.6 Å². The lowest BCUT2D eigenvalue weighted by Gasteiger charge is -2.24. The van der Waals surface area contributed by atoms with Crippen molar-refractivity contribution in [2.24, 2.45) is 5.41 Å². The van der Waals surface area contributed by atoms with Gasteiger partial charge in [0.2, 0.25) is 0 Å². The fourth-order valence-electron chi connectivity index (χ4n) is 1.01. The minimum atomic E-state index is -0.390. The Hall–Kier alpha value is -0.570. The Kier molecular flexibility index (Phi) is 5.29. The zero-order valence-corrected chi connectivity index (χ0v) is 10.9. The fraction of sp³-hybridized carbons (Fsp3) is 0.917. The summed E-state index contributed by atoms with van der Waals surface area (Å²) in [6.07, 6.45) is 1.09. The predicted octanol–water partition coefficient (Wildman–Crippen LogP) is 2.35. The maximum atomic E-state index is 11.3. The van der Waals surface area contributed by atoms with Gasteiger partial charge in [-0.2, -0.15) is 0 Å². The molecular formula is C12H25NO2. The van der Waals surface area contributed by atoms with Gasteiger partial charge < -0.3 is 10.1 Å². The quantitative estimate of drug-likeness (QED) is 0.715. The van der Waals surface area contributed by atoms with Crippen LogP contribution in [0.2, 0.25) is 0 Å². The minimum Gasteiger partial charge on any atom is -0.459 e. The third-order valence-electron chi connectivity index (χ3n) is 2.25. The SMILES string of the molecule is CCC(C)(C)CNCC(=O)OC(C)(C)C.